The van der Waals surface area contributed by atoms with Crippen LogP contribution in [0.2, 0.25) is 0 Å². The zero-order valence-corrected chi connectivity index (χ0v) is 33.2. The number of hydrogen-bond donors (Lipinski definition) is 3. The van der Waals surface area contributed by atoms with Crippen LogP contribution in [0.15, 0.2) is 60.8 Å². The third-order valence-corrected chi connectivity index (χ3v) is 9.43. The summed E-state index contributed by atoms with van der Waals surface area (Å²) in [5.41, 5.74) is 0. The summed E-state index contributed by atoms with van der Waals surface area (Å²) < 4.78 is 0. The van der Waals surface area contributed by atoms with Gasteiger partial charge in [-0.1, -0.05) is 190 Å². The van der Waals surface area contributed by atoms with E-state index in [1.54, 1.807) is 6.08 Å². The third-order valence-electron chi connectivity index (χ3n) is 9.43. The van der Waals surface area contributed by atoms with Gasteiger partial charge in [-0.2, -0.15) is 0 Å². The molecule has 0 aromatic rings. The number of nitrogens with one attached hydrogen (secondary N) is 1. The van der Waals surface area contributed by atoms with Crippen molar-refractivity contribution in [2.75, 3.05) is 6.61 Å². The SMILES string of the molecule is CCC/C=C/CC/C=C/CC/C=C/C(O)C(CO)NC(=O)CCCCCCCCCCCCC/C=C\C/C=C\CCCCCCCCCCC. The summed E-state index contributed by atoms with van der Waals surface area (Å²) in [5, 5.41) is 22.9. The van der Waals surface area contributed by atoms with Gasteiger partial charge in [0.05, 0.1) is 18.8 Å². The lowest BCUT2D eigenvalue weighted by Gasteiger charge is -2.19. The Morgan fingerprint density at radius 2 is 0.880 bits per heavy atom. The Balaban J connectivity index is 3.55. The lowest BCUT2D eigenvalue weighted by molar-refractivity contribution is -0.123. The largest absolute Gasteiger partial charge is 0.394 e. The molecule has 1 amide bonds. The molecule has 0 rings (SSSR count). The van der Waals surface area contributed by atoms with Crippen LogP contribution in [-0.2, 0) is 4.79 Å². The number of unbranched alkanes of at least 4 members (excludes halogenated alkanes) is 23. The lowest BCUT2D eigenvalue weighted by atomic mass is 10.0. The Kier molecular flexibility index (Phi) is 39.9. The molecule has 0 fully saturated rings. The van der Waals surface area contributed by atoms with E-state index in [9.17, 15) is 15.0 Å². The average Bonchev–Trinajstić information content (AvgIpc) is 3.12. The number of hydrogen-bond acceptors (Lipinski definition) is 3. The molecule has 4 nitrogen and oxygen atoms in total. The van der Waals surface area contributed by atoms with Gasteiger partial charge >= 0.3 is 0 Å². The molecule has 0 bridgehead atoms. The Hall–Kier alpha value is -1.91. The number of allylic oxidation sites excluding steroid dienone is 9. The molecular weight excluding hydrogens is 615 g/mol. The van der Waals surface area contributed by atoms with Crippen LogP contribution < -0.4 is 5.32 Å². The van der Waals surface area contributed by atoms with Gasteiger partial charge < -0.3 is 15.5 Å². The van der Waals surface area contributed by atoms with Gasteiger partial charge in [0.15, 0.2) is 0 Å². The standard InChI is InChI=1S/C46H83NO3/c1-3-5-7-9-11-13-15-16-17-18-19-20-21-22-23-24-25-26-27-28-29-30-32-34-36-38-40-42-46(50)47-44(43-48)45(49)41-39-37-35-33-31-14-12-10-8-6-4-2/h8,10,19-20,22-23,31,33,39,41,44-45,48-49H,3-7,9,11-18,21,24-30,32,34-38,40,42-43H2,1-2H3,(H,47,50)/b10-8+,20-19-,23-22-,33-31+,41-39+. The first-order valence-corrected chi connectivity index (χ1v) is 21.5. The molecule has 0 aliphatic carbocycles. The topological polar surface area (TPSA) is 69.6 Å². The molecule has 4 heteroatoms. The minimum atomic E-state index is -0.870. The molecule has 0 aliphatic rings. The highest BCUT2D eigenvalue weighted by molar-refractivity contribution is 5.76. The van der Waals surface area contributed by atoms with Crippen LogP contribution in [0, 0.1) is 0 Å². The Bertz CT molecular complexity index is 842. The van der Waals surface area contributed by atoms with Crippen molar-refractivity contribution in [3.05, 3.63) is 60.8 Å². The lowest BCUT2D eigenvalue weighted by Crippen LogP contribution is -2.45. The number of aliphatic hydroxyl groups excluding tert-OH is 2. The Morgan fingerprint density at radius 1 is 0.480 bits per heavy atom. The number of amides is 1. The normalized spacial score (nSPS) is 13.6. The van der Waals surface area contributed by atoms with Crippen LogP contribution in [0.4, 0.5) is 0 Å². The van der Waals surface area contributed by atoms with E-state index in [0.29, 0.717) is 6.42 Å². The first-order valence-electron chi connectivity index (χ1n) is 21.5. The van der Waals surface area contributed by atoms with E-state index in [2.05, 4.69) is 67.8 Å². The van der Waals surface area contributed by atoms with E-state index in [1.807, 2.05) is 6.08 Å². The number of rotatable bonds is 38. The van der Waals surface area contributed by atoms with Crippen molar-refractivity contribution in [3.63, 3.8) is 0 Å². The summed E-state index contributed by atoms with van der Waals surface area (Å²) in [5.74, 6) is -0.0839. The average molecular weight is 698 g/mol. The zero-order valence-electron chi connectivity index (χ0n) is 33.2. The third kappa shape index (κ3) is 37.3. The molecule has 2 atom stereocenters. The summed E-state index contributed by atoms with van der Waals surface area (Å²) >= 11 is 0. The minimum Gasteiger partial charge on any atom is -0.394 e. The van der Waals surface area contributed by atoms with Gasteiger partial charge in [0.1, 0.15) is 0 Å². The Labute approximate surface area is 311 Å². The number of carbonyl (C=O) groups excluding carboxylic acids is 1. The van der Waals surface area contributed by atoms with E-state index in [0.717, 1.165) is 51.4 Å². The first kappa shape index (κ1) is 48.1. The van der Waals surface area contributed by atoms with E-state index >= 15 is 0 Å². The molecule has 0 aliphatic heterocycles. The van der Waals surface area contributed by atoms with Crippen molar-refractivity contribution >= 4 is 5.91 Å². The van der Waals surface area contributed by atoms with Gasteiger partial charge in [-0.25, -0.2) is 0 Å². The molecule has 0 saturated carbocycles. The van der Waals surface area contributed by atoms with Gasteiger partial charge in [0.2, 0.25) is 5.91 Å². The summed E-state index contributed by atoms with van der Waals surface area (Å²) in [7, 11) is 0. The summed E-state index contributed by atoms with van der Waals surface area (Å²) in [6, 6.07) is -0.646. The van der Waals surface area contributed by atoms with Crippen LogP contribution >= 0.6 is 0 Å². The zero-order chi connectivity index (χ0) is 36.4. The highest BCUT2D eigenvalue weighted by atomic mass is 16.3. The predicted octanol–water partition coefficient (Wildman–Crippen LogP) is 13.3. The minimum absolute atomic E-state index is 0.0839. The summed E-state index contributed by atoms with van der Waals surface area (Å²) in [6.07, 6.45) is 57.7. The van der Waals surface area contributed by atoms with Crippen LogP contribution in [0.1, 0.15) is 206 Å². The van der Waals surface area contributed by atoms with Gasteiger partial charge in [0, 0.05) is 6.42 Å². The summed E-state index contributed by atoms with van der Waals surface area (Å²) in [4.78, 5) is 12.3. The highest BCUT2D eigenvalue weighted by Crippen LogP contribution is 2.14. The maximum Gasteiger partial charge on any atom is 0.220 e. The molecule has 3 N–H and O–H groups in total. The fraction of sp³-hybridized carbons (Fsp3) is 0.761. The van der Waals surface area contributed by atoms with Crippen molar-refractivity contribution in [1.29, 1.82) is 0 Å². The molecule has 2 unspecified atom stereocenters. The molecule has 0 aromatic heterocycles. The monoisotopic (exact) mass is 698 g/mol. The van der Waals surface area contributed by atoms with Crippen molar-refractivity contribution in [2.45, 2.75) is 219 Å². The molecule has 0 saturated heterocycles. The van der Waals surface area contributed by atoms with Crippen molar-refractivity contribution < 1.29 is 15.0 Å². The van der Waals surface area contributed by atoms with Crippen LogP contribution in [0.25, 0.3) is 0 Å². The Morgan fingerprint density at radius 3 is 1.34 bits per heavy atom. The predicted molar refractivity (Wildman–Crippen MR) is 221 cm³/mol. The second-order valence-electron chi connectivity index (χ2n) is 14.4. The molecule has 0 aromatic carbocycles. The second kappa shape index (κ2) is 41.5. The van der Waals surface area contributed by atoms with E-state index in [-0.39, 0.29) is 12.5 Å². The molecule has 0 spiro atoms. The maximum atomic E-state index is 12.3. The van der Waals surface area contributed by atoms with E-state index in [4.69, 9.17) is 0 Å². The quantitative estimate of drug-likeness (QED) is 0.0444. The fourth-order valence-corrected chi connectivity index (χ4v) is 6.13. The van der Waals surface area contributed by atoms with Gasteiger partial charge in [-0.05, 0) is 70.6 Å². The fourth-order valence-electron chi connectivity index (χ4n) is 6.13. The van der Waals surface area contributed by atoms with Gasteiger partial charge in [-0.3, -0.25) is 4.79 Å². The molecule has 290 valence electrons. The van der Waals surface area contributed by atoms with Crippen molar-refractivity contribution in [1.82, 2.24) is 5.32 Å². The van der Waals surface area contributed by atoms with Crippen LogP contribution in [-0.4, -0.2) is 34.9 Å². The number of aliphatic hydroxyl groups is 2. The van der Waals surface area contributed by atoms with Crippen molar-refractivity contribution in [3.8, 4) is 0 Å². The van der Waals surface area contributed by atoms with Gasteiger partial charge in [-0.15, -0.1) is 0 Å². The van der Waals surface area contributed by atoms with E-state index < -0.39 is 12.1 Å². The molecule has 50 heavy (non-hydrogen) atoms. The highest BCUT2D eigenvalue weighted by Gasteiger charge is 2.17. The maximum absolute atomic E-state index is 12.3. The van der Waals surface area contributed by atoms with Gasteiger partial charge in [0.25, 0.3) is 0 Å². The van der Waals surface area contributed by atoms with Crippen LogP contribution in [0.5, 0.6) is 0 Å². The number of carbonyl (C=O) groups is 1. The van der Waals surface area contributed by atoms with Crippen LogP contribution in [0.3, 0.4) is 0 Å². The molecule has 0 radical (unpaired) electrons. The smallest absolute Gasteiger partial charge is 0.220 e. The molecular formula is C46H83NO3. The van der Waals surface area contributed by atoms with E-state index in [1.165, 1.54) is 135 Å². The second-order valence-corrected chi connectivity index (χ2v) is 14.4. The van der Waals surface area contributed by atoms with Crippen molar-refractivity contribution in [2.24, 2.45) is 0 Å². The molecule has 0 heterocycles. The summed E-state index contributed by atoms with van der Waals surface area (Å²) in [6.45, 7) is 4.21. The first-order chi connectivity index (χ1) is 24.7.